The van der Waals surface area contributed by atoms with Crippen LogP contribution in [-0.2, 0) is 43.0 Å². The Kier molecular flexibility index (Phi) is 13.5. The highest BCUT2D eigenvalue weighted by atomic mass is 16.6. The second kappa shape index (κ2) is 17.6. The van der Waals surface area contributed by atoms with Crippen molar-refractivity contribution in [2.75, 3.05) is 0 Å². The van der Waals surface area contributed by atoms with Gasteiger partial charge in [-0.05, 0) is 112 Å². The van der Waals surface area contributed by atoms with E-state index in [9.17, 15) is 33.9 Å². The number of fused-ring (bicyclic) bond motifs is 2. The van der Waals surface area contributed by atoms with Crippen molar-refractivity contribution in [3.63, 3.8) is 0 Å². The first kappa shape index (κ1) is 43.5. The molecule has 2 N–H and O–H groups in total. The van der Waals surface area contributed by atoms with Gasteiger partial charge in [0.15, 0.2) is 0 Å². The molecule has 2 aliphatic heterocycles. The second-order valence-electron chi connectivity index (χ2n) is 19.6. The molecule has 0 aromatic heterocycles. The van der Waals surface area contributed by atoms with Gasteiger partial charge in [0.25, 0.3) is 0 Å². The average Bonchev–Trinajstić information content (AvgIpc) is 3.66. The molecule has 318 valence electrons. The van der Waals surface area contributed by atoms with Gasteiger partial charge in [-0.3, -0.25) is 28.8 Å². The van der Waals surface area contributed by atoms with E-state index in [2.05, 4.69) is 39.8 Å². The van der Waals surface area contributed by atoms with Gasteiger partial charge in [0.1, 0.15) is 0 Å². The number of carbonyl (C=O) groups excluding carboxylic acids is 4. The number of carboxylic acids is 2. The lowest BCUT2D eigenvalue weighted by Crippen LogP contribution is -2.73. The standard InChI is InChI=1S/C46H68O11/c1-6-7-8-12-16-28(30-26-35(49)56-40(30)50)19-20-29(17-13-10-9-11-14-18-34(47)48)55-39-36(27(2)3)31-25-33-44(4)22-15-23-45(5,43(53)54)32(44)21-24-46(33,39)38-37(31)41(51)57-42(38)52/h12,16,27-33,36-39H,6-11,13-15,17-26H2,1-5H3,(H,47,48)(H,53,54)/b16-12+/t28?,29?,30?,31?,32?,33?,36?,37?,38?,39-,44?,45?,46?/m1/s1. The fourth-order valence-corrected chi connectivity index (χ4v) is 13.6. The van der Waals surface area contributed by atoms with Gasteiger partial charge < -0.3 is 24.4 Å². The Labute approximate surface area is 338 Å². The molecule has 0 amide bonds. The van der Waals surface area contributed by atoms with E-state index in [1.807, 2.05) is 6.92 Å². The number of esters is 4. The lowest BCUT2D eigenvalue weighted by Gasteiger charge is -2.72. The topological polar surface area (TPSA) is 171 Å². The highest BCUT2D eigenvalue weighted by molar-refractivity contribution is 5.98. The lowest BCUT2D eigenvalue weighted by molar-refractivity contribution is -0.296. The summed E-state index contributed by atoms with van der Waals surface area (Å²) in [6.07, 6.45) is 17.2. The van der Waals surface area contributed by atoms with Gasteiger partial charge in [-0.25, -0.2) is 0 Å². The Morgan fingerprint density at radius 1 is 0.877 bits per heavy atom. The van der Waals surface area contributed by atoms with E-state index in [-0.39, 0.29) is 66.0 Å². The van der Waals surface area contributed by atoms with Crippen molar-refractivity contribution in [2.24, 2.45) is 69.5 Å². The van der Waals surface area contributed by atoms with Crippen LogP contribution >= 0.6 is 0 Å². The molecule has 7 aliphatic rings. The monoisotopic (exact) mass is 796 g/mol. The van der Waals surface area contributed by atoms with Gasteiger partial charge in [0.2, 0.25) is 0 Å². The van der Waals surface area contributed by atoms with E-state index in [0.717, 1.165) is 70.6 Å². The Morgan fingerprint density at radius 2 is 1.61 bits per heavy atom. The predicted octanol–water partition coefficient (Wildman–Crippen LogP) is 8.70. The Balaban J connectivity index is 1.34. The van der Waals surface area contributed by atoms with Crippen LogP contribution in [0.2, 0.25) is 0 Å². The normalized spacial score (nSPS) is 38.1. The van der Waals surface area contributed by atoms with E-state index in [0.29, 0.717) is 38.5 Å². The van der Waals surface area contributed by atoms with Crippen LogP contribution in [0.15, 0.2) is 12.2 Å². The lowest BCUT2D eigenvalue weighted by atomic mass is 9.31. The number of aliphatic carboxylic acids is 2. The number of cyclic esters (lactones) is 4. The zero-order valence-corrected chi connectivity index (χ0v) is 35.0. The largest absolute Gasteiger partial charge is 0.481 e. The summed E-state index contributed by atoms with van der Waals surface area (Å²) in [7, 11) is 0. The Hall–Kier alpha value is -3.08. The molecule has 5 saturated carbocycles. The van der Waals surface area contributed by atoms with Gasteiger partial charge in [-0.2, -0.15) is 0 Å². The zero-order valence-electron chi connectivity index (χ0n) is 35.0. The van der Waals surface area contributed by atoms with Gasteiger partial charge in [0.05, 0.1) is 41.8 Å². The Bertz CT molecular complexity index is 1570. The van der Waals surface area contributed by atoms with Gasteiger partial charge in [-0.1, -0.05) is 84.8 Å². The van der Waals surface area contributed by atoms with E-state index in [1.54, 1.807) is 0 Å². The smallest absolute Gasteiger partial charge is 0.318 e. The fraction of sp³-hybridized carbons (Fsp3) is 0.826. The number of carboxylic acid groups (broad SMARTS) is 2. The summed E-state index contributed by atoms with van der Waals surface area (Å²) in [6, 6.07) is 0. The van der Waals surface area contributed by atoms with Crippen LogP contribution in [0.4, 0.5) is 0 Å². The first-order chi connectivity index (χ1) is 27.1. The van der Waals surface area contributed by atoms with Gasteiger partial charge in [-0.15, -0.1) is 0 Å². The van der Waals surface area contributed by atoms with Crippen LogP contribution in [0, 0.1) is 69.5 Å². The molecule has 5 aliphatic carbocycles. The van der Waals surface area contributed by atoms with Gasteiger partial charge >= 0.3 is 35.8 Å². The molecule has 2 bridgehead atoms. The number of hydrogen-bond donors (Lipinski definition) is 2. The van der Waals surface area contributed by atoms with Crippen molar-refractivity contribution in [3.05, 3.63) is 12.2 Å². The number of rotatable bonds is 20. The van der Waals surface area contributed by atoms with Crippen LogP contribution in [-0.4, -0.2) is 58.2 Å². The minimum atomic E-state index is -0.875. The van der Waals surface area contributed by atoms with E-state index < -0.39 is 64.4 Å². The number of carbonyl (C=O) groups is 6. The SMILES string of the molecule is CCCC/C=C/C(CCC(CCCCCCCC(=O)O)O[C@@H]1C(C(C)C)C2CC3C4(C)CCCC(C)(C(=O)O)C4CCC31C1C(=O)OC(=O)C21)C1CC(=O)OC1=O. The van der Waals surface area contributed by atoms with Crippen molar-refractivity contribution in [1.29, 1.82) is 0 Å². The molecule has 11 heteroatoms. The Morgan fingerprint density at radius 3 is 2.28 bits per heavy atom. The number of allylic oxidation sites excluding steroid dienone is 2. The number of ether oxygens (including phenoxy) is 3. The molecule has 0 radical (unpaired) electrons. The van der Waals surface area contributed by atoms with Crippen molar-refractivity contribution in [3.8, 4) is 0 Å². The van der Waals surface area contributed by atoms with Gasteiger partial charge in [0, 0.05) is 11.8 Å². The van der Waals surface area contributed by atoms with Crippen LogP contribution in [0.5, 0.6) is 0 Å². The molecule has 7 rings (SSSR count). The maximum absolute atomic E-state index is 14.1. The molecular formula is C46H68O11. The average molecular weight is 797 g/mol. The van der Waals surface area contributed by atoms with Crippen molar-refractivity contribution >= 4 is 35.8 Å². The fourth-order valence-electron chi connectivity index (χ4n) is 13.6. The van der Waals surface area contributed by atoms with E-state index >= 15 is 0 Å². The maximum Gasteiger partial charge on any atom is 0.318 e. The summed E-state index contributed by atoms with van der Waals surface area (Å²) >= 11 is 0. The summed E-state index contributed by atoms with van der Waals surface area (Å²) in [5.41, 5.74) is -1.94. The first-order valence-electron chi connectivity index (χ1n) is 22.4. The molecule has 2 heterocycles. The van der Waals surface area contributed by atoms with Crippen LogP contribution in [0.3, 0.4) is 0 Å². The summed E-state index contributed by atoms with van der Waals surface area (Å²) in [5, 5.41) is 19.7. The molecule has 0 aromatic carbocycles. The third kappa shape index (κ3) is 8.13. The molecule has 7 fully saturated rings. The molecule has 1 spiro atoms. The summed E-state index contributed by atoms with van der Waals surface area (Å²) < 4.78 is 18.2. The molecule has 0 aromatic rings. The molecule has 12 unspecified atom stereocenters. The van der Waals surface area contributed by atoms with E-state index in [4.69, 9.17) is 19.3 Å². The van der Waals surface area contributed by atoms with Crippen LogP contribution in [0.25, 0.3) is 0 Å². The minimum absolute atomic E-state index is 0.0127. The van der Waals surface area contributed by atoms with Crippen molar-refractivity contribution in [2.45, 2.75) is 169 Å². The number of hydrogen-bond acceptors (Lipinski definition) is 9. The summed E-state index contributed by atoms with van der Waals surface area (Å²) in [4.78, 5) is 76.9. The summed E-state index contributed by atoms with van der Waals surface area (Å²) in [6.45, 7) is 10.7. The van der Waals surface area contributed by atoms with Crippen LogP contribution < -0.4 is 0 Å². The molecule has 11 nitrogen and oxygen atoms in total. The highest BCUT2D eigenvalue weighted by Crippen LogP contribution is 2.76. The molecule has 2 saturated heterocycles. The molecule has 57 heavy (non-hydrogen) atoms. The zero-order chi connectivity index (χ0) is 41.3. The predicted molar refractivity (Wildman–Crippen MR) is 210 cm³/mol. The van der Waals surface area contributed by atoms with E-state index in [1.165, 1.54) is 0 Å². The first-order valence-corrected chi connectivity index (χ1v) is 22.4. The van der Waals surface area contributed by atoms with Crippen LogP contribution in [0.1, 0.15) is 157 Å². The number of unbranched alkanes of at least 4 members (excludes halogenated alkanes) is 6. The van der Waals surface area contributed by atoms with Crippen molar-refractivity contribution in [1.82, 2.24) is 0 Å². The maximum atomic E-state index is 14.1. The second-order valence-corrected chi connectivity index (χ2v) is 19.6. The summed E-state index contributed by atoms with van der Waals surface area (Å²) in [5.74, 6) is -5.37. The molecular weight excluding hydrogens is 728 g/mol. The van der Waals surface area contributed by atoms with Crippen molar-refractivity contribution < 1.29 is 53.2 Å². The molecule has 13 atom stereocenters. The third-order valence-corrected chi connectivity index (χ3v) is 16.2. The third-order valence-electron chi connectivity index (χ3n) is 16.2. The highest BCUT2D eigenvalue weighted by Gasteiger charge is 2.78. The quantitative estimate of drug-likeness (QED) is 0.0523. The minimum Gasteiger partial charge on any atom is -0.481 e.